The Bertz CT molecular complexity index is 459. The van der Waals surface area contributed by atoms with Gasteiger partial charge in [-0.05, 0) is 30.4 Å². The van der Waals surface area contributed by atoms with Crippen LogP contribution in [-0.4, -0.2) is 23.0 Å². The van der Waals surface area contributed by atoms with Crippen LogP contribution >= 0.6 is 0 Å². The summed E-state index contributed by atoms with van der Waals surface area (Å²) in [5, 5.41) is 11.7. The molecule has 0 aromatic heterocycles. The first kappa shape index (κ1) is 13.6. The summed E-state index contributed by atoms with van der Waals surface area (Å²) in [4.78, 5) is 23.2. The number of benzene rings is 1. The summed E-state index contributed by atoms with van der Waals surface area (Å²) in [5.41, 5.74) is 2.40. The lowest BCUT2D eigenvalue weighted by atomic mass is 10.0. The van der Waals surface area contributed by atoms with E-state index in [-0.39, 0.29) is 11.8 Å². The summed E-state index contributed by atoms with van der Waals surface area (Å²) in [6.45, 7) is 1.91. The highest BCUT2D eigenvalue weighted by Gasteiger charge is 2.29. The first-order valence-corrected chi connectivity index (χ1v) is 6.71. The molecule has 0 radical (unpaired) electrons. The lowest BCUT2D eigenvalue weighted by Gasteiger charge is -2.16. The van der Waals surface area contributed by atoms with Gasteiger partial charge in [-0.2, -0.15) is 0 Å². The number of hydrogen-bond acceptors (Lipinski definition) is 2. The Hall–Kier alpha value is -1.84. The third kappa shape index (κ3) is 3.13. The zero-order valence-corrected chi connectivity index (χ0v) is 11.1. The van der Waals surface area contributed by atoms with Gasteiger partial charge >= 0.3 is 5.97 Å². The van der Waals surface area contributed by atoms with Gasteiger partial charge in [0.2, 0.25) is 5.91 Å². The largest absolute Gasteiger partial charge is 0.480 e. The van der Waals surface area contributed by atoms with E-state index in [4.69, 9.17) is 5.11 Å². The molecule has 19 heavy (non-hydrogen) atoms. The summed E-state index contributed by atoms with van der Waals surface area (Å²) >= 11 is 0. The van der Waals surface area contributed by atoms with Crippen molar-refractivity contribution in [3.8, 4) is 0 Å². The van der Waals surface area contributed by atoms with E-state index in [0.29, 0.717) is 19.3 Å². The Balaban J connectivity index is 1.97. The Morgan fingerprint density at radius 2 is 1.89 bits per heavy atom. The van der Waals surface area contributed by atoms with E-state index in [2.05, 4.69) is 5.32 Å². The molecule has 0 bridgehead atoms. The van der Waals surface area contributed by atoms with Crippen molar-refractivity contribution >= 4 is 11.9 Å². The highest BCUT2D eigenvalue weighted by molar-refractivity contribution is 5.85. The number of hydrogen-bond donors (Lipinski definition) is 2. The lowest BCUT2D eigenvalue weighted by molar-refractivity contribution is -0.142. The predicted molar refractivity (Wildman–Crippen MR) is 71.8 cm³/mol. The second-order valence-corrected chi connectivity index (χ2v) is 5.06. The van der Waals surface area contributed by atoms with Gasteiger partial charge < -0.3 is 10.4 Å². The van der Waals surface area contributed by atoms with Gasteiger partial charge in [-0.1, -0.05) is 37.6 Å². The monoisotopic (exact) mass is 261 g/mol. The average molecular weight is 261 g/mol. The maximum atomic E-state index is 12.1. The molecular formula is C15H19NO3. The van der Waals surface area contributed by atoms with Gasteiger partial charge in [0.1, 0.15) is 6.04 Å². The van der Waals surface area contributed by atoms with Gasteiger partial charge in [0.25, 0.3) is 0 Å². The van der Waals surface area contributed by atoms with E-state index < -0.39 is 12.0 Å². The molecule has 4 nitrogen and oxygen atoms in total. The van der Waals surface area contributed by atoms with Crippen LogP contribution in [0.3, 0.4) is 0 Å². The molecule has 0 saturated carbocycles. The van der Waals surface area contributed by atoms with Crippen LogP contribution in [-0.2, 0) is 22.4 Å². The molecule has 1 aromatic rings. The Labute approximate surface area is 112 Å². The molecule has 2 rings (SSSR count). The summed E-state index contributed by atoms with van der Waals surface area (Å²) < 4.78 is 0. The summed E-state index contributed by atoms with van der Waals surface area (Å²) in [5.74, 6) is -1.22. The lowest BCUT2D eigenvalue weighted by Crippen LogP contribution is -2.43. The highest BCUT2D eigenvalue weighted by atomic mass is 16.4. The van der Waals surface area contributed by atoms with Crippen LogP contribution in [0.2, 0.25) is 0 Å². The fourth-order valence-electron chi connectivity index (χ4n) is 2.58. The molecule has 0 aliphatic heterocycles. The number of carboxylic acids is 1. The third-order valence-corrected chi connectivity index (χ3v) is 3.61. The molecule has 1 aliphatic rings. The Morgan fingerprint density at radius 1 is 1.32 bits per heavy atom. The van der Waals surface area contributed by atoms with Crippen molar-refractivity contribution in [2.45, 2.75) is 38.6 Å². The van der Waals surface area contributed by atoms with Crippen LogP contribution in [0.25, 0.3) is 0 Å². The van der Waals surface area contributed by atoms with Crippen LogP contribution in [0.15, 0.2) is 24.3 Å². The molecule has 1 aliphatic carbocycles. The quantitative estimate of drug-likeness (QED) is 0.849. The van der Waals surface area contributed by atoms with Crippen molar-refractivity contribution in [1.29, 1.82) is 0 Å². The van der Waals surface area contributed by atoms with E-state index in [1.807, 2.05) is 31.2 Å². The van der Waals surface area contributed by atoms with E-state index in [0.717, 1.165) is 6.42 Å². The molecule has 2 N–H and O–H groups in total. The van der Waals surface area contributed by atoms with Crippen molar-refractivity contribution in [2.24, 2.45) is 5.92 Å². The van der Waals surface area contributed by atoms with Gasteiger partial charge in [-0.3, -0.25) is 4.79 Å². The van der Waals surface area contributed by atoms with Gasteiger partial charge in [0, 0.05) is 5.92 Å². The van der Waals surface area contributed by atoms with Gasteiger partial charge in [0.05, 0.1) is 0 Å². The molecule has 4 heteroatoms. The molecule has 1 unspecified atom stereocenters. The van der Waals surface area contributed by atoms with Crippen LogP contribution in [0.4, 0.5) is 0 Å². The minimum absolute atomic E-state index is 0.129. The second-order valence-electron chi connectivity index (χ2n) is 5.06. The van der Waals surface area contributed by atoms with Crippen molar-refractivity contribution in [3.63, 3.8) is 0 Å². The molecule has 0 heterocycles. The second kappa shape index (κ2) is 5.87. The number of amides is 1. The molecule has 1 atom stereocenters. The van der Waals surface area contributed by atoms with Crippen LogP contribution in [0.1, 0.15) is 30.9 Å². The van der Waals surface area contributed by atoms with Crippen molar-refractivity contribution < 1.29 is 14.7 Å². The Kier molecular flexibility index (Phi) is 4.20. The van der Waals surface area contributed by atoms with E-state index in [9.17, 15) is 9.59 Å². The highest BCUT2D eigenvalue weighted by Crippen LogP contribution is 2.26. The van der Waals surface area contributed by atoms with Crippen molar-refractivity contribution in [3.05, 3.63) is 35.4 Å². The van der Waals surface area contributed by atoms with E-state index in [1.54, 1.807) is 0 Å². The zero-order chi connectivity index (χ0) is 13.8. The molecule has 102 valence electrons. The number of rotatable bonds is 5. The van der Waals surface area contributed by atoms with Crippen molar-refractivity contribution in [2.75, 3.05) is 0 Å². The Morgan fingerprint density at radius 3 is 2.37 bits per heavy atom. The molecule has 1 amide bonds. The summed E-state index contributed by atoms with van der Waals surface area (Å²) in [7, 11) is 0. The molecule has 0 spiro atoms. The molecular weight excluding hydrogens is 242 g/mol. The third-order valence-electron chi connectivity index (χ3n) is 3.61. The molecule has 0 fully saturated rings. The van der Waals surface area contributed by atoms with Crippen LogP contribution in [0.5, 0.6) is 0 Å². The number of fused-ring (bicyclic) bond motifs is 1. The van der Waals surface area contributed by atoms with E-state index >= 15 is 0 Å². The smallest absolute Gasteiger partial charge is 0.326 e. The first-order chi connectivity index (χ1) is 9.11. The number of carbonyl (C=O) groups excluding carboxylic acids is 1. The zero-order valence-electron chi connectivity index (χ0n) is 11.1. The number of aliphatic carboxylic acids is 1. The van der Waals surface area contributed by atoms with E-state index in [1.165, 1.54) is 11.1 Å². The molecule has 1 aromatic carbocycles. The minimum atomic E-state index is -0.953. The summed E-state index contributed by atoms with van der Waals surface area (Å²) in [6.07, 6.45) is 2.63. The van der Waals surface area contributed by atoms with Gasteiger partial charge in [-0.15, -0.1) is 0 Å². The maximum Gasteiger partial charge on any atom is 0.326 e. The summed E-state index contributed by atoms with van der Waals surface area (Å²) in [6, 6.07) is 7.24. The number of nitrogens with one attached hydrogen (secondary N) is 1. The van der Waals surface area contributed by atoms with Crippen LogP contribution < -0.4 is 5.32 Å². The predicted octanol–water partition coefficient (Wildman–Crippen LogP) is 1.77. The SMILES string of the molecule is CCCC(NC(=O)C1Cc2ccccc2C1)C(=O)O. The molecule has 0 saturated heterocycles. The van der Waals surface area contributed by atoms with Crippen LogP contribution in [0, 0.1) is 5.92 Å². The fourth-order valence-corrected chi connectivity index (χ4v) is 2.58. The van der Waals surface area contributed by atoms with Gasteiger partial charge in [-0.25, -0.2) is 4.79 Å². The number of carbonyl (C=O) groups is 2. The minimum Gasteiger partial charge on any atom is -0.480 e. The first-order valence-electron chi connectivity index (χ1n) is 6.71. The maximum absolute atomic E-state index is 12.1. The topological polar surface area (TPSA) is 66.4 Å². The van der Waals surface area contributed by atoms with Crippen molar-refractivity contribution in [1.82, 2.24) is 5.32 Å². The standard InChI is InChI=1S/C15H19NO3/c1-2-5-13(15(18)19)16-14(17)12-8-10-6-3-4-7-11(10)9-12/h3-4,6-7,12-13H,2,5,8-9H2,1H3,(H,16,17)(H,18,19). The normalized spacial score (nSPS) is 15.8. The average Bonchev–Trinajstić information content (AvgIpc) is 2.81. The number of carboxylic acid groups (broad SMARTS) is 1. The fraction of sp³-hybridized carbons (Fsp3) is 0.467. The van der Waals surface area contributed by atoms with Gasteiger partial charge in [0.15, 0.2) is 0 Å².